The molecule has 0 fully saturated rings. The molecule has 0 aromatic carbocycles. The molecule has 0 spiro atoms. The molecule has 0 unspecified atom stereocenters. The molecule has 0 saturated carbocycles. The number of aromatic nitrogens is 2. The monoisotopic (exact) mass is 160 g/mol. The molecule has 1 aromatic heterocycles. The average Bonchev–Trinajstić information content (AvgIpc) is 2.15. The summed E-state index contributed by atoms with van der Waals surface area (Å²) in [6, 6.07) is 0. The van der Waals surface area contributed by atoms with Crippen LogP contribution in [0.2, 0.25) is 0 Å². The number of carbonyl (C=O) groups excluding carboxylic acids is 1. The lowest BCUT2D eigenvalue weighted by Gasteiger charge is -1.90. The number of hydrogen-bond acceptors (Lipinski definition) is 4. The van der Waals surface area contributed by atoms with E-state index in [9.17, 15) is 4.79 Å². The van der Waals surface area contributed by atoms with Gasteiger partial charge in [0, 0.05) is 0 Å². The molecule has 0 aliphatic heterocycles. The Morgan fingerprint density at radius 3 is 2.67 bits per heavy atom. The molecule has 1 heterocycles. The van der Waals surface area contributed by atoms with Crippen LogP contribution < -0.4 is 0 Å². The first kappa shape index (κ1) is 6.70. The van der Waals surface area contributed by atoms with E-state index in [1.54, 1.807) is 0 Å². The van der Waals surface area contributed by atoms with Gasteiger partial charge in [-0.25, -0.2) is 4.98 Å². The molecule has 0 aliphatic rings. The van der Waals surface area contributed by atoms with Crippen molar-refractivity contribution < 1.29 is 4.79 Å². The number of carbonyl (C=O) groups is 1. The van der Waals surface area contributed by atoms with Gasteiger partial charge in [0.1, 0.15) is 5.69 Å². The fraction of sp³-hybridized carbons (Fsp3) is 0. The third-order valence-corrected chi connectivity index (χ3v) is 1.76. The van der Waals surface area contributed by atoms with E-state index in [1.165, 1.54) is 10.2 Å². The molecule has 48 valence electrons. The lowest BCUT2D eigenvalue weighted by atomic mass is 10.6. The summed E-state index contributed by atoms with van der Waals surface area (Å²) < 4.78 is 1.30. The topological polar surface area (TPSA) is 34.9 Å². The van der Waals surface area contributed by atoms with Crippen LogP contribution in [-0.2, 0) is 0 Å². The van der Waals surface area contributed by atoms with Gasteiger partial charge in [-0.1, -0.05) is 12.8 Å². The Hall–Kier alpha value is -0.420. The van der Waals surface area contributed by atoms with Crippen molar-refractivity contribution in [1.29, 1.82) is 0 Å². The Labute approximate surface area is 63.0 Å². The number of imidazole rings is 1. The van der Waals surface area contributed by atoms with E-state index in [2.05, 4.69) is 30.4 Å². The molecule has 0 radical (unpaired) electrons. The zero-order valence-corrected chi connectivity index (χ0v) is 6.14. The SMILES string of the molecule is O=Cc1cnc(S)n1S. The van der Waals surface area contributed by atoms with Gasteiger partial charge in [-0.2, -0.15) is 0 Å². The lowest BCUT2D eigenvalue weighted by molar-refractivity contribution is 0.111. The maximum atomic E-state index is 10.1. The molecule has 0 atom stereocenters. The second-order valence-electron chi connectivity index (χ2n) is 1.41. The van der Waals surface area contributed by atoms with E-state index in [4.69, 9.17) is 0 Å². The predicted molar refractivity (Wildman–Crippen MR) is 39.3 cm³/mol. The molecular formula is C4H4N2OS2. The molecule has 0 aliphatic carbocycles. The van der Waals surface area contributed by atoms with Crippen molar-refractivity contribution in [1.82, 2.24) is 8.96 Å². The van der Waals surface area contributed by atoms with Gasteiger partial charge < -0.3 is 0 Å². The molecule has 0 amide bonds. The van der Waals surface area contributed by atoms with Crippen LogP contribution in [0, 0.1) is 0 Å². The van der Waals surface area contributed by atoms with Crippen molar-refractivity contribution in [3.8, 4) is 0 Å². The first-order valence-electron chi connectivity index (χ1n) is 2.17. The largest absolute Gasteiger partial charge is 0.296 e. The van der Waals surface area contributed by atoms with E-state index in [0.717, 1.165) is 0 Å². The highest BCUT2D eigenvalue weighted by Crippen LogP contribution is 2.07. The summed E-state index contributed by atoms with van der Waals surface area (Å²) in [5.41, 5.74) is 0.406. The van der Waals surface area contributed by atoms with Crippen LogP contribution in [0.5, 0.6) is 0 Å². The van der Waals surface area contributed by atoms with Crippen LogP contribution in [0.15, 0.2) is 11.4 Å². The van der Waals surface area contributed by atoms with Crippen LogP contribution in [-0.4, -0.2) is 15.2 Å². The summed E-state index contributed by atoms with van der Waals surface area (Å²) in [5, 5.41) is 0.417. The summed E-state index contributed by atoms with van der Waals surface area (Å²) in [4.78, 5) is 13.8. The minimum Gasteiger partial charge on any atom is -0.296 e. The number of rotatable bonds is 1. The molecular weight excluding hydrogens is 156 g/mol. The first-order valence-corrected chi connectivity index (χ1v) is 3.01. The summed E-state index contributed by atoms with van der Waals surface area (Å²) in [7, 11) is 0. The van der Waals surface area contributed by atoms with Crippen LogP contribution >= 0.6 is 25.4 Å². The summed E-state index contributed by atoms with van der Waals surface area (Å²) in [6.07, 6.45) is 2.07. The Morgan fingerprint density at radius 2 is 2.44 bits per heavy atom. The number of thiol groups is 2. The maximum absolute atomic E-state index is 10.1. The normalized spacial score (nSPS) is 9.56. The van der Waals surface area contributed by atoms with Gasteiger partial charge in [-0.05, 0) is 0 Å². The van der Waals surface area contributed by atoms with Gasteiger partial charge in [0.15, 0.2) is 11.4 Å². The smallest absolute Gasteiger partial charge is 0.175 e. The Bertz CT molecular complexity index is 232. The predicted octanol–water partition coefficient (Wildman–Crippen LogP) is 0.677. The van der Waals surface area contributed by atoms with Crippen molar-refractivity contribution in [2.24, 2.45) is 0 Å². The lowest BCUT2D eigenvalue weighted by Crippen LogP contribution is -1.86. The maximum Gasteiger partial charge on any atom is 0.175 e. The van der Waals surface area contributed by atoms with Gasteiger partial charge in [0.25, 0.3) is 0 Å². The molecule has 5 heteroatoms. The van der Waals surface area contributed by atoms with Gasteiger partial charge in [-0.15, -0.1) is 12.6 Å². The molecule has 3 nitrogen and oxygen atoms in total. The second-order valence-corrected chi connectivity index (χ2v) is 2.21. The Kier molecular flexibility index (Phi) is 1.82. The fourth-order valence-electron chi connectivity index (χ4n) is 0.429. The van der Waals surface area contributed by atoms with E-state index in [-0.39, 0.29) is 0 Å². The van der Waals surface area contributed by atoms with Gasteiger partial charge in [0.05, 0.1) is 6.20 Å². The van der Waals surface area contributed by atoms with Gasteiger partial charge in [-0.3, -0.25) is 8.77 Å². The van der Waals surface area contributed by atoms with E-state index >= 15 is 0 Å². The molecule has 0 N–H and O–H groups in total. The summed E-state index contributed by atoms with van der Waals surface area (Å²) >= 11 is 7.78. The van der Waals surface area contributed by atoms with Gasteiger partial charge in [0.2, 0.25) is 0 Å². The van der Waals surface area contributed by atoms with Crippen molar-refractivity contribution in [3.05, 3.63) is 11.9 Å². The third-order valence-electron chi connectivity index (χ3n) is 0.867. The molecule has 9 heavy (non-hydrogen) atoms. The zero-order valence-electron chi connectivity index (χ0n) is 4.35. The minimum absolute atomic E-state index is 0.406. The number of aldehydes is 1. The number of nitrogens with zero attached hydrogens (tertiary/aromatic N) is 2. The van der Waals surface area contributed by atoms with Crippen molar-refractivity contribution in [2.75, 3.05) is 0 Å². The van der Waals surface area contributed by atoms with Crippen LogP contribution in [0.3, 0.4) is 0 Å². The Morgan fingerprint density at radius 1 is 1.78 bits per heavy atom. The number of hydrogen-bond donors (Lipinski definition) is 2. The highest BCUT2D eigenvalue weighted by molar-refractivity contribution is 7.82. The highest BCUT2D eigenvalue weighted by atomic mass is 32.1. The molecule has 0 bridgehead atoms. The molecule has 1 aromatic rings. The van der Waals surface area contributed by atoms with Gasteiger partial charge >= 0.3 is 0 Å². The van der Waals surface area contributed by atoms with Crippen LogP contribution in [0.25, 0.3) is 0 Å². The summed E-state index contributed by atoms with van der Waals surface area (Å²) in [5.74, 6) is 0. The Balaban J connectivity index is 3.18. The second kappa shape index (κ2) is 2.45. The molecule has 0 saturated heterocycles. The standard InChI is InChI=1S/C4H4N2OS2/c7-2-3-1-5-4(8)6(3)9/h1-2,9H,(H,5,8). The highest BCUT2D eigenvalue weighted by Gasteiger charge is 1.99. The minimum atomic E-state index is 0.406. The van der Waals surface area contributed by atoms with Crippen molar-refractivity contribution in [2.45, 2.75) is 5.16 Å². The molecule has 1 rings (SSSR count). The zero-order chi connectivity index (χ0) is 6.85. The van der Waals surface area contributed by atoms with E-state index < -0.39 is 0 Å². The summed E-state index contributed by atoms with van der Waals surface area (Å²) in [6.45, 7) is 0. The average molecular weight is 160 g/mol. The van der Waals surface area contributed by atoms with Crippen LogP contribution in [0.4, 0.5) is 0 Å². The first-order chi connectivity index (χ1) is 4.25. The van der Waals surface area contributed by atoms with Crippen LogP contribution in [0.1, 0.15) is 10.5 Å². The van der Waals surface area contributed by atoms with Crippen molar-refractivity contribution >= 4 is 31.7 Å². The fourth-order valence-corrected chi connectivity index (χ4v) is 0.753. The van der Waals surface area contributed by atoms with Crippen molar-refractivity contribution in [3.63, 3.8) is 0 Å². The quantitative estimate of drug-likeness (QED) is 0.468. The van der Waals surface area contributed by atoms with E-state index in [0.29, 0.717) is 17.1 Å². The van der Waals surface area contributed by atoms with E-state index in [1.807, 2.05) is 0 Å². The third kappa shape index (κ3) is 1.11.